The van der Waals surface area contributed by atoms with E-state index < -0.39 is 0 Å². The van der Waals surface area contributed by atoms with Gasteiger partial charge in [-0.05, 0) is 91.5 Å². The van der Waals surface area contributed by atoms with Gasteiger partial charge < -0.3 is 4.57 Å². The summed E-state index contributed by atoms with van der Waals surface area (Å²) in [4.78, 5) is 0. The smallest absolute Gasteiger partial charge is 0.0625 e. The van der Waals surface area contributed by atoms with Crippen LogP contribution in [-0.2, 0) is 21.1 Å². The predicted molar refractivity (Wildman–Crippen MR) is 119 cm³/mol. The van der Waals surface area contributed by atoms with Crippen LogP contribution in [0.1, 0.15) is 56.4 Å². The SMILES string of the molecule is Cc1c(C)c(C)n(C)c1C.Cc1nn(C)c(C)c1C.Cc1nn(C)c(C)c1C. The van der Waals surface area contributed by atoms with Crippen molar-refractivity contribution >= 4 is 0 Å². The van der Waals surface area contributed by atoms with Crippen LogP contribution < -0.4 is 0 Å². The van der Waals surface area contributed by atoms with Gasteiger partial charge in [0.15, 0.2) is 0 Å². The Morgan fingerprint density at radius 2 is 0.714 bits per heavy atom. The lowest BCUT2D eigenvalue weighted by Gasteiger charge is -1.98. The molecule has 0 aliphatic rings. The fourth-order valence-corrected chi connectivity index (χ4v) is 3.06. The van der Waals surface area contributed by atoms with Crippen LogP contribution in [0.15, 0.2) is 0 Å². The van der Waals surface area contributed by atoms with E-state index in [1.807, 2.05) is 37.3 Å². The van der Waals surface area contributed by atoms with Gasteiger partial charge in [0.05, 0.1) is 11.4 Å². The van der Waals surface area contributed by atoms with E-state index in [9.17, 15) is 0 Å². The van der Waals surface area contributed by atoms with Gasteiger partial charge in [-0.3, -0.25) is 9.36 Å². The van der Waals surface area contributed by atoms with E-state index in [1.54, 1.807) is 0 Å². The van der Waals surface area contributed by atoms with Crippen molar-refractivity contribution in [3.05, 3.63) is 56.4 Å². The Hall–Kier alpha value is -2.30. The van der Waals surface area contributed by atoms with E-state index in [0.29, 0.717) is 0 Å². The van der Waals surface area contributed by atoms with Crippen molar-refractivity contribution in [1.82, 2.24) is 24.1 Å². The van der Waals surface area contributed by atoms with Crippen LogP contribution in [0.4, 0.5) is 0 Å². The molecule has 0 bridgehead atoms. The summed E-state index contributed by atoms with van der Waals surface area (Å²) in [7, 11) is 6.05. The van der Waals surface area contributed by atoms with E-state index in [2.05, 4.69) is 77.2 Å². The van der Waals surface area contributed by atoms with Gasteiger partial charge in [0, 0.05) is 43.9 Å². The van der Waals surface area contributed by atoms with Crippen LogP contribution in [0, 0.1) is 69.2 Å². The molecular weight excluding hydrogens is 346 g/mol. The zero-order valence-electron chi connectivity index (χ0n) is 20.2. The molecule has 0 N–H and O–H groups in total. The van der Waals surface area contributed by atoms with E-state index in [1.165, 1.54) is 45.0 Å². The third kappa shape index (κ3) is 4.94. The van der Waals surface area contributed by atoms with Crippen LogP contribution >= 0.6 is 0 Å². The molecule has 0 aliphatic heterocycles. The quantitative estimate of drug-likeness (QED) is 0.549. The van der Waals surface area contributed by atoms with Crippen molar-refractivity contribution in [2.24, 2.45) is 21.1 Å². The fourth-order valence-electron chi connectivity index (χ4n) is 3.06. The highest BCUT2D eigenvalue weighted by atomic mass is 15.3. The highest BCUT2D eigenvalue weighted by Crippen LogP contribution is 2.18. The Balaban J connectivity index is 0.000000210. The highest BCUT2D eigenvalue weighted by molar-refractivity contribution is 5.34. The Kier molecular flexibility index (Phi) is 7.85. The molecule has 3 aromatic rings. The van der Waals surface area contributed by atoms with E-state index in [0.717, 1.165) is 11.4 Å². The molecule has 3 rings (SSSR count). The largest absolute Gasteiger partial charge is 0.352 e. The summed E-state index contributed by atoms with van der Waals surface area (Å²) in [5.41, 5.74) is 13.0. The van der Waals surface area contributed by atoms with Gasteiger partial charge in [-0.2, -0.15) is 10.2 Å². The molecule has 156 valence electrons. The summed E-state index contributed by atoms with van der Waals surface area (Å²) in [5, 5.41) is 8.45. The van der Waals surface area contributed by atoms with Crippen LogP contribution in [0.2, 0.25) is 0 Å². The number of aryl methyl sites for hydroxylation is 4. The van der Waals surface area contributed by atoms with Crippen molar-refractivity contribution in [3.63, 3.8) is 0 Å². The van der Waals surface area contributed by atoms with Gasteiger partial charge in [-0.1, -0.05) is 0 Å². The molecule has 0 aromatic carbocycles. The average molecular weight is 386 g/mol. The van der Waals surface area contributed by atoms with E-state index in [4.69, 9.17) is 0 Å². The van der Waals surface area contributed by atoms with E-state index >= 15 is 0 Å². The van der Waals surface area contributed by atoms with Gasteiger partial charge in [-0.15, -0.1) is 0 Å². The maximum Gasteiger partial charge on any atom is 0.0625 e. The molecule has 5 heteroatoms. The first-order valence-corrected chi connectivity index (χ1v) is 9.83. The third-order valence-electron chi connectivity index (χ3n) is 6.40. The molecule has 0 spiro atoms. The summed E-state index contributed by atoms with van der Waals surface area (Å²) in [6, 6.07) is 0. The second kappa shape index (κ2) is 9.26. The minimum Gasteiger partial charge on any atom is -0.352 e. The van der Waals surface area contributed by atoms with Crippen LogP contribution in [0.25, 0.3) is 0 Å². The summed E-state index contributed by atoms with van der Waals surface area (Å²) in [5.74, 6) is 0. The monoisotopic (exact) mass is 385 g/mol. The van der Waals surface area contributed by atoms with Crippen LogP contribution in [0.5, 0.6) is 0 Å². The molecule has 0 atom stereocenters. The number of nitrogens with zero attached hydrogens (tertiary/aromatic N) is 5. The molecular formula is C23H39N5. The lowest BCUT2D eigenvalue weighted by atomic mass is 10.2. The lowest BCUT2D eigenvalue weighted by molar-refractivity contribution is 0.730. The normalized spacial score (nSPS) is 10.3. The molecule has 3 aromatic heterocycles. The van der Waals surface area contributed by atoms with Crippen LogP contribution in [-0.4, -0.2) is 24.1 Å². The molecule has 0 fully saturated rings. The maximum atomic E-state index is 4.23. The van der Waals surface area contributed by atoms with Gasteiger partial charge in [-0.25, -0.2) is 0 Å². The van der Waals surface area contributed by atoms with Crippen molar-refractivity contribution in [2.75, 3.05) is 0 Å². The second-order valence-electron chi connectivity index (χ2n) is 7.82. The number of aromatic nitrogens is 5. The molecule has 3 heterocycles. The minimum atomic E-state index is 1.13. The third-order valence-corrected chi connectivity index (χ3v) is 6.40. The molecule has 0 aliphatic carbocycles. The molecule has 0 saturated heterocycles. The van der Waals surface area contributed by atoms with Crippen molar-refractivity contribution in [3.8, 4) is 0 Å². The second-order valence-corrected chi connectivity index (χ2v) is 7.82. The molecule has 0 amide bonds. The summed E-state index contributed by atoms with van der Waals surface area (Å²) in [6.07, 6.45) is 0. The molecule has 0 unspecified atom stereocenters. The Bertz CT molecular complexity index is 775. The molecule has 5 nitrogen and oxygen atoms in total. The standard InChI is InChI=1S/C9H15N.2C7H12N2/c1-6-7(2)9(4)10(5)8(6)3;2*1-5-6(2)8-9(4)7(5)3/h1-5H3;2*1-4H3. The first-order chi connectivity index (χ1) is 12.8. The topological polar surface area (TPSA) is 40.6 Å². The van der Waals surface area contributed by atoms with Gasteiger partial charge in [0.1, 0.15) is 0 Å². The van der Waals surface area contributed by atoms with Crippen molar-refractivity contribution in [1.29, 1.82) is 0 Å². The Morgan fingerprint density at radius 1 is 0.429 bits per heavy atom. The average Bonchev–Trinajstić information content (AvgIpc) is 3.08. The van der Waals surface area contributed by atoms with Gasteiger partial charge in [0.25, 0.3) is 0 Å². The maximum absolute atomic E-state index is 4.23. The molecule has 0 radical (unpaired) electrons. The zero-order chi connectivity index (χ0) is 21.9. The van der Waals surface area contributed by atoms with Crippen LogP contribution in [0.3, 0.4) is 0 Å². The summed E-state index contributed by atoms with van der Waals surface area (Å²) in [6.45, 7) is 21.1. The van der Waals surface area contributed by atoms with Crippen molar-refractivity contribution < 1.29 is 0 Å². The van der Waals surface area contributed by atoms with Crippen molar-refractivity contribution in [2.45, 2.75) is 69.2 Å². The zero-order valence-corrected chi connectivity index (χ0v) is 20.2. The predicted octanol–water partition coefficient (Wildman–Crippen LogP) is 4.95. The Labute approximate surface area is 171 Å². The lowest BCUT2D eigenvalue weighted by Crippen LogP contribution is -1.92. The summed E-state index contributed by atoms with van der Waals surface area (Å²) >= 11 is 0. The number of rotatable bonds is 0. The van der Waals surface area contributed by atoms with Gasteiger partial charge in [0.2, 0.25) is 0 Å². The first kappa shape index (κ1) is 23.7. The number of hydrogen-bond donors (Lipinski definition) is 0. The van der Waals surface area contributed by atoms with E-state index in [-0.39, 0.29) is 0 Å². The number of hydrogen-bond acceptors (Lipinski definition) is 2. The molecule has 0 saturated carbocycles. The fraction of sp³-hybridized carbons (Fsp3) is 0.565. The Morgan fingerprint density at radius 3 is 0.786 bits per heavy atom. The van der Waals surface area contributed by atoms with Gasteiger partial charge >= 0.3 is 0 Å². The minimum absolute atomic E-state index is 1.13. The highest BCUT2D eigenvalue weighted by Gasteiger charge is 2.06. The first-order valence-electron chi connectivity index (χ1n) is 9.83. The summed E-state index contributed by atoms with van der Waals surface area (Å²) < 4.78 is 6.06. The molecule has 28 heavy (non-hydrogen) atoms.